The SMILES string of the molecule is c1ccc(-c2ccc(N(c3ccc(-c4cccc5c6ccccc6n(-c6ccccc6)c45)cc3)c3ccc4ccc5ccccc5c4c3)c3c2oc2ccccc23)cc1. The molecule has 0 aliphatic carbocycles. The Hall–Kier alpha value is -7.88. The molecule has 3 heteroatoms. The number of hydrogen-bond acceptors (Lipinski definition) is 2. The average molecular weight is 753 g/mol. The zero-order valence-electron chi connectivity index (χ0n) is 32.1. The molecule has 59 heavy (non-hydrogen) atoms. The zero-order chi connectivity index (χ0) is 38.9. The predicted molar refractivity (Wildman–Crippen MR) is 249 cm³/mol. The van der Waals surface area contributed by atoms with Crippen LogP contribution in [0.5, 0.6) is 0 Å². The lowest BCUT2D eigenvalue weighted by molar-refractivity contribution is 0.670. The largest absolute Gasteiger partial charge is 0.455 e. The quantitative estimate of drug-likeness (QED) is 0.158. The molecule has 0 amide bonds. The van der Waals surface area contributed by atoms with E-state index in [2.05, 4.69) is 228 Å². The molecule has 12 rings (SSSR count). The van der Waals surface area contributed by atoms with E-state index in [-0.39, 0.29) is 0 Å². The van der Waals surface area contributed by atoms with Crippen molar-refractivity contribution in [1.82, 2.24) is 4.57 Å². The van der Waals surface area contributed by atoms with E-state index in [0.717, 1.165) is 61.4 Å². The molecule has 0 fully saturated rings. The summed E-state index contributed by atoms with van der Waals surface area (Å²) in [5.41, 5.74) is 13.0. The first-order chi connectivity index (χ1) is 29.3. The topological polar surface area (TPSA) is 21.3 Å². The minimum atomic E-state index is 0.869. The van der Waals surface area contributed by atoms with Crippen molar-refractivity contribution in [2.75, 3.05) is 4.90 Å². The van der Waals surface area contributed by atoms with Crippen LogP contribution in [0.4, 0.5) is 17.1 Å². The van der Waals surface area contributed by atoms with Crippen molar-refractivity contribution in [3.05, 3.63) is 218 Å². The van der Waals surface area contributed by atoms with E-state index in [9.17, 15) is 0 Å². The van der Waals surface area contributed by atoms with Gasteiger partial charge in [0.05, 0.1) is 22.1 Å². The highest BCUT2D eigenvalue weighted by Gasteiger charge is 2.23. The molecule has 12 aromatic rings. The minimum Gasteiger partial charge on any atom is -0.455 e. The van der Waals surface area contributed by atoms with Gasteiger partial charge in [0.25, 0.3) is 0 Å². The van der Waals surface area contributed by atoms with Gasteiger partial charge in [-0.15, -0.1) is 0 Å². The van der Waals surface area contributed by atoms with E-state index < -0.39 is 0 Å². The summed E-state index contributed by atoms with van der Waals surface area (Å²) in [6.07, 6.45) is 0. The molecule has 0 radical (unpaired) electrons. The number of nitrogens with zero attached hydrogens (tertiary/aromatic N) is 2. The van der Waals surface area contributed by atoms with Gasteiger partial charge in [-0.05, 0) is 93.3 Å². The van der Waals surface area contributed by atoms with Gasteiger partial charge in [0.2, 0.25) is 0 Å². The number of furan rings is 1. The molecule has 0 saturated carbocycles. The van der Waals surface area contributed by atoms with Crippen molar-refractivity contribution in [2.24, 2.45) is 0 Å². The predicted octanol–water partition coefficient (Wildman–Crippen LogP) is 15.8. The summed E-state index contributed by atoms with van der Waals surface area (Å²) in [6.45, 7) is 0. The lowest BCUT2D eigenvalue weighted by atomic mass is 9.98. The van der Waals surface area contributed by atoms with Gasteiger partial charge >= 0.3 is 0 Å². The summed E-state index contributed by atoms with van der Waals surface area (Å²) in [5.74, 6) is 0. The molecule has 2 aromatic heterocycles. The van der Waals surface area contributed by atoms with Crippen LogP contribution in [-0.4, -0.2) is 4.57 Å². The number of para-hydroxylation sites is 4. The van der Waals surface area contributed by atoms with E-state index in [1.165, 1.54) is 48.9 Å². The molecule has 0 unspecified atom stereocenters. The van der Waals surface area contributed by atoms with E-state index in [1.54, 1.807) is 0 Å². The van der Waals surface area contributed by atoms with Gasteiger partial charge in [-0.1, -0.05) is 158 Å². The van der Waals surface area contributed by atoms with E-state index in [0.29, 0.717) is 0 Å². The standard InChI is InChI=1S/C56H36N2O/c1-3-14-37(15-4-1)46-34-35-52(54-49-21-10-12-25-53(49)59-56(46)54)57(43-33-30-40-27-26-38-16-7-8-19-44(38)50(40)36-43)42-31-28-39(29-32-42)45-22-13-23-48-47-20-9-11-24-51(47)58(55(45)48)41-17-5-2-6-18-41/h1-36H. The highest BCUT2D eigenvalue weighted by Crippen LogP contribution is 2.47. The van der Waals surface area contributed by atoms with Crippen molar-refractivity contribution in [3.63, 3.8) is 0 Å². The van der Waals surface area contributed by atoms with Gasteiger partial charge in [0.1, 0.15) is 11.2 Å². The molecule has 0 aliphatic rings. The highest BCUT2D eigenvalue weighted by atomic mass is 16.3. The van der Waals surface area contributed by atoms with Crippen molar-refractivity contribution in [2.45, 2.75) is 0 Å². The Balaban J connectivity index is 1.10. The molecular formula is C56H36N2O. The van der Waals surface area contributed by atoms with E-state index in [1.807, 2.05) is 0 Å². The summed E-state index contributed by atoms with van der Waals surface area (Å²) in [7, 11) is 0. The Kier molecular flexibility index (Phi) is 7.54. The molecular weight excluding hydrogens is 717 g/mol. The maximum absolute atomic E-state index is 6.79. The lowest BCUT2D eigenvalue weighted by Gasteiger charge is -2.27. The van der Waals surface area contributed by atoms with Crippen LogP contribution in [0.25, 0.3) is 93.2 Å². The fraction of sp³-hybridized carbons (Fsp3) is 0. The highest BCUT2D eigenvalue weighted by molar-refractivity contribution is 6.18. The number of aromatic nitrogens is 1. The van der Waals surface area contributed by atoms with Crippen LogP contribution < -0.4 is 4.90 Å². The molecule has 3 nitrogen and oxygen atoms in total. The van der Waals surface area contributed by atoms with Crippen molar-refractivity contribution in [3.8, 4) is 27.9 Å². The van der Waals surface area contributed by atoms with Gasteiger partial charge < -0.3 is 13.9 Å². The van der Waals surface area contributed by atoms with Crippen LogP contribution in [0.15, 0.2) is 223 Å². The first kappa shape index (κ1) is 33.3. The van der Waals surface area contributed by atoms with Crippen LogP contribution in [0, 0.1) is 0 Å². The van der Waals surface area contributed by atoms with E-state index >= 15 is 0 Å². The van der Waals surface area contributed by atoms with Crippen molar-refractivity contribution < 1.29 is 4.42 Å². The molecule has 2 heterocycles. The third kappa shape index (κ3) is 5.29. The molecule has 0 saturated heterocycles. The molecule has 0 N–H and O–H groups in total. The second kappa shape index (κ2) is 13.4. The monoisotopic (exact) mass is 752 g/mol. The lowest BCUT2D eigenvalue weighted by Crippen LogP contribution is -2.10. The first-order valence-corrected chi connectivity index (χ1v) is 20.2. The van der Waals surface area contributed by atoms with Crippen LogP contribution in [-0.2, 0) is 0 Å². The number of hydrogen-bond donors (Lipinski definition) is 0. The smallest absolute Gasteiger partial charge is 0.145 e. The third-order valence-corrected chi connectivity index (χ3v) is 12.0. The van der Waals surface area contributed by atoms with Gasteiger partial charge in [0.15, 0.2) is 0 Å². The number of benzene rings is 10. The van der Waals surface area contributed by atoms with Gasteiger partial charge in [0, 0.05) is 44.3 Å². The second-order valence-corrected chi connectivity index (χ2v) is 15.3. The van der Waals surface area contributed by atoms with E-state index in [4.69, 9.17) is 4.42 Å². The molecule has 0 atom stereocenters. The molecule has 276 valence electrons. The summed E-state index contributed by atoms with van der Waals surface area (Å²) in [4.78, 5) is 2.41. The van der Waals surface area contributed by atoms with Gasteiger partial charge in [-0.3, -0.25) is 0 Å². The van der Waals surface area contributed by atoms with Crippen LogP contribution >= 0.6 is 0 Å². The Morgan fingerprint density at radius 1 is 0.390 bits per heavy atom. The number of rotatable bonds is 6. The fourth-order valence-corrected chi connectivity index (χ4v) is 9.29. The Morgan fingerprint density at radius 3 is 1.85 bits per heavy atom. The molecule has 0 aliphatic heterocycles. The molecule has 10 aromatic carbocycles. The normalized spacial score (nSPS) is 11.7. The van der Waals surface area contributed by atoms with Crippen LogP contribution in [0.2, 0.25) is 0 Å². The Bertz CT molecular complexity index is 3540. The van der Waals surface area contributed by atoms with Crippen molar-refractivity contribution >= 4 is 82.4 Å². The fourth-order valence-electron chi connectivity index (χ4n) is 9.29. The minimum absolute atomic E-state index is 0.869. The zero-order valence-corrected chi connectivity index (χ0v) is 32.1. The maximum atomic E-state index is 6.79. The van der Waals surface area contributed by atoms with Crippen molar-refractivity contribution in [1.29, 1.82) is 0 Å². The van der Waals surface area contributed by atoms with Crippen LogP contribution in [0.1, 0.15) is 0 Å². The maximum Gasteiger partial charge on any atom is 0.145 e. The average Bonchev–Trinajstić information content (AvgIpc) is 3.87. The first-order valence-electron chi connectivity index (χ1n) is 20.2. The summed E-state index contributed by atoms with van der Waals surface area (Å²) in [5, 5.41) is 9.55. The second-order valence-electron chi connectivity index (χ2n) is 15.3. The summed E-state index contributed by atoms with van der Waals surface area (Å²) in [6, 6.07) is 78.6. The van der Waals surface area contributed by atoms with Crippen LogP contribution in [0.3, 0.4) is 0 Å². The summed E-state index contributed by atoms with van der Waals surface area (Å²) >= 11 is 0. The number of fused-ring (bicyclic) bond motifs is 9. The number of anilines is 3. The molecule has 0 bridgehead atoms. The Morgan fingerprint density at radius 2 is 1.02 bits per heavy atom. The Labute approximate surface area is 341 Å². The van der Waals surface area contributed by atoms with Gasteiger partial charge in [-0.2, -0.15) is 0 Å². The third-order valence-electron chi connectivity index (χ3n) is 12.0. The van der Waals surface area contributed by atoms with Gasteiger partial charge in [-0.25, -0.2) is 0 Å². The molecule has 0 spiro atoms. The summed E-state index contributed by atoms with van der Waals surface area (Å²) < 4.78 is 9.20.